The predicted molar refractivity (Wildman–Crippen MR) is 116 cm³/mol. The number of benzene rings is 4. The average molecular weight is 402 g/mol. The summed E-state index contributed by atoms with van der Waals surface area (Å²) in [7, 11) is -2.88. The van der Waals surface area contributed by atoms with E-state index in [1.165, 1.54) is 6.08 Å². The Hall–Kier alpha value is -3.67. The van der Waals surface area contributed by atoms with E-state index < -0.39 is 7.11 Å². The normalized spacial score (nSPS) is 15.4. The lowest BCUT2D eigenvalue weighted by atomic mass is 9.99. The average Bonchev–Trinajstić information content (AvgIpc) is 2.77. The van der Waals surface area contributed by atoms with Gasteiger partial charge in [-0.05, 0) is 51.9 Å². The molecule has 0 N–H and O–H groups in total. The first-order chi connectivity index (χ1) is 14.5. The summed E-state index contributed by atoms with van der Waals surface area (Å²) >= 11 is 0. The monoisotopic (exact) mass is 402 g/mol. The molecule has 0 spiro atoms. The topological polar surface area (TPSA) is 29.8 Å². The molecule has 0 aromatic heterocycles. The van der Waals surface area contributed by atoms with E-state index in [1.54, 1.807) is 19.2 Å². The molecular weight excluding hydrogens is 385 g/mol. The summed E-state index contributed by atoms with van der Waals surface area (Å²) in [6, 6.07) is 24.3. The molecule has 30 heavy (non-hydrogen) atoms. The molecule has 1 heterocycles. The Morgan fingerprint density at radius 1 is 0.767 bits per heavy atom. The first-order valence-corrected chi connectivity index (χ1v) is 9.55. The number of ketones is 1. The second-order valence-corrected chi connectivity index (χ2v) is 7.13. The smallest absolute Gasteiger partial charge is 0.569 e. The number of hydrogen-bond donors (Lipinski definition) is 0. The molecule has 0 amide bonds. The summed E-state index contributed by atoms with van der Waals surface area (Å²) in [4.78, 5) is 0. The molecule has 148 valence electrons. The minimum atomic E-state index is -4.48. The summed E-state index contributed by atoms with van der Waals surface area (Å²) in [5, 5.41) is 3.82. The van der Waals surface area contributed by atoms with Crippen molar-refractivity contribution in [3.05, 3.63) is 96.1 Å². The van der Waals surface area contributed by atoms with Gasteiger partial charge in [-0.3, -0.25) is 0 Å². The lowest BCUT2D eigenvalue weighted by Crippen LogP contribution is -2.31. The first-order valence-electron chi connectivity index (χ1n) is 9.55. The van der Waals surface area contributed by atoms with Crippen LogP contribution >= 0.6 is 0 Å². The Labute approximate surface area is 171 Å². The highest BCUT2D eigenvalue weighted by Gasteiger charge is 2.53. The Balaban J connectivity index is 1.58. The van der Waals surface area contributed by atoms with Crippen LogP contribution in [0.4, 0.5) is 8.63 Å². The highest BCUT2D eigenvalue weighted by atomic mass is 19.3. The van der Waals surface area contributed by atoms with Crippen LogP contribution in [0.25, 0.3) is 27.3 Å². The van der Waals surface area contributed by atoms with Crippen LogP contribution in [0, 0.1) is 0 Å². The molecule has 0 aliphatic carbocycles. The van der Waals surface area contributed by atoms with Gasteiger partial charge < -0.3 is 22.4 Å². The van der Waals surface area contributed by atoms with Crippen LogP contribution < -0.4 is 4.74 Å². The second kappa shape index (κ2) is 6.99. The van der Waals surface area contributed by atoms with Gasteiger partial charge >= 0.3 is 7.11 Å². The van der Waals surface area contributed by atoms with E-state index in [2.05, 4.69) is 0 Å². The number of fused-ring (bicyclic) bond motifs is 2. The van der Waals surface area contributed by atoms with E-state index in [1.807, 2.05) is 66.7 Å². The van der Waals surface area contributed by atoms with Gasteiger partial charge in [0.05, 0.1) is 24.5 Å². The van der Waals surface area contributed by atoms with Crippen LogP contribution in [0.3, 0.4) is 0 Å². The summed E-state index contributed by atoms with van der Waals surface area (Å²) in [6.07, 6.45) is 1.52. The first kappa shape index (κ1) is 18.4. The number of hydrogen-bond acceptors (Lipinski definition) is 2. The van der Waals surface area contributed by atoms with Crippen molar-refractivity contribution in [1.82, 2.24) is 0 Å². The van der Waals surface area contributed by atoms with Crippen molar-refractivity contribution >= 4 is 40.2 Å². The maximum Gasteiger partial charge on any atom is 0.995 e. The molecule has 6 heteroatoms. The lowest BCUT2D eigenvalue weighted by Gasteiger charge is -2.20. The minimum absolute atomic E-state index is 0.0760. The molecule has 0 saturated carbocycles. The number of ether oxygens (including phenoxy) is 1. The predicted octanol–water partition coefficient (Wildman–Crippen LogP) is 6.17. The maximum atomic E-state index is 14.3. The SMILES string of the molecule is COc1ccc2cc(C3=CC(c4ccc5ccccc5c4)=[O+][B-](F)(F)O3)ccc2c1. The van der Waals surface area contributed by atoms with Gasteiger partial charge in [0, 0.05) is 5.56 Å². The molecule has 3 nitrogen and oxygen atoms in total. The van der Waals surface area contributed by atoms with Crippen molar-refractivity contribution < 1.29 is 22.4 Å². The maximum absolute atomic E-state index is 14.3. The van der Waals surface area contributed by atoms with Crippen molar-refractivity contribution in [3.63, 3.8) is 0 Å². The third-order valence-corrected chi connectivity index (χ3v) is 5.16. The van der Waals surface area contributed by atoms with Gasteiger partial charge in [-0.25, -0.2) is 0 Å². The largest absolute Gasteiger partial charge is 0.995 e. The molecular formula is C24H17BF2O3. The highest BCUT2D eigenvalue weighted by Crippen LogP contribution is 2.31. The van der Waals surface area contributed by atoms with Gasteiger partial charge in [-0.15, -0.1) is 0 Å². The fourth-order valence-electron chi connectivity index (χ4n) is 3.66. The third-order valence-electron chi connectivity index (χ3n) is 5.16. The van der Waals surface area contributed by atoms with Crippen LogP contribution in [-0.4, -0.2) is 20.0 Å². The van der Waals surface area contributed by atoms with Crippen molar-refractivity contribution in [2.24, 2.45) is 0 Å². The standard InChI is InChI=1S/C24H17BF2O3/c1-28-22-11-10-18-13-21(9-7-19(18)14-22)24-15-23(29-25(26,27)30-24)20-8-6-16-4-2-3-5-17(16)12-20/h2-15H,1H3. The Morgan fingerprint density at radius 3 is 2.23 bits per heavy atom. The zero-order valence-corrected chi connectivity index (χ0v) is 16.1. The molecule has 4 aromatic rings. The Morgan fingerprint density at radius 2 is 1.40 bits per heavy atom. The van der Waals surface area contributed by atoms with E-state index in [0.717, 1.165) is 27.3 Å². The fraction of sp³-hybridized carbons (Fsp3) is 0.0417. The molecule has 0 fully saturated rings. The van der Waals surface area contributed by atoms with E-state index in [4.69, 9.17) is 13.7 Å². The molecule has 0 radical (unpaired) electrons. The second-order valence-electron chi connectivity index (χ2n) is 7.13. The molecule has 1 aliphatic heterocycles. The zero-order valence-electron chi connectivity index (χ0n) is 16.1. The van der Waals surface area contributed by atoms with Gasteiger partial charge in [0.25, 0.3) is 5.78 Å². The fourth-order valence-corrected chi connectivity index (χ4v) is 3.66. The minimum Gasteiger partial charge on any atom is -0.569 e. The molecule has 4 aromatic carbocycles. The number of allylic oxidation sites excluding steroid dienone is 1. The van der Waals surface area contributed by atoms with Crippen LogP contribution in [0.15, 0.2) is 84.9 Å². The molecule has 0 atom stereocenters. The third kappa shape index (κ3) is 3.41. The van der Waals surface area contributed by atoms with Crippen LogP contribution in [0.2, 0.25) is 0 Å². The van der Waals surface area contributed by atoms with Crippen molar-refractivity contribution in [1.29, 1.82) is 0 Å². The van der Waals surface area contributed by atoms with E-state index in [9.17, 15) is 8.63 Å². The number of carbonyl (C=O) groups excluding carboxylic acids is 1. The van der Waals surface area contributed by atoms with Crippen LogP contribution in [0.1, 0.15) is 15.5 Å². The summed E-state index contributed by atoms with van der Waals surface area (Å²) in [5.41, 5.74) is 1.12. The van der Waals surface area contributed by atoms with Crippen molar-refractivity contribution in [3.8, 4) is 5.75 Å². The summed E-state index contributed by atoms with van der Waals surface area (Å²) in [5.74, 6) is 0.896. The zero-order chi connectivity index (χ0) is 20.7. The van der Waals surface area contributed by atoms with Gasteiger partial charge in [0.15, 0.2) is 0 Å². The van der Waals surface area contributed by atoms with Gasteiger partial charge in [0.1, 0.15) is 5.75 Å². The molecule has 0 saturated heterocycles. The quantitative estimate of drug-likeness (QED) is 0.303. The van der Waals surface area contributed by atoms with Crippen LogP contribution in [0.5, 0.6) is 5.75 Å². The molecule has 0 bridgehead atoms. The Kier molecular flexibility index (Phi) is 4.28. The molecule has 5 rings (SSSR count). The lowest BCUT2D eigenvalue weighted by molar-refractivity contribution is -0.183. The van der Waals surface area contributed by atoms with Crippen LogP contribution in [-0.2, 0) is 4.65 Å². The van der Waals surface area contributed by atoms with E-state index >= 15 is 0 Å². The molecule has 1 aliphatic rings. The summed E-state index contributed by atoms with van der Waals surface area (Å²) in [6.45, 7) is 0. The number of halogens is 2. The van der Waals surface area contributed by atoms with E-state index in [-0.39, 0.29) is 11.5 Å². The van der Waals surface area contributed by atoms with Crippen molar-refractivity contribution in [2.75, 3.05) is 7.11 Å². The molecule has 0 unspecified atom stereocenters. The summed E-state index contributed by atoms with van der Waals surface area (Å²) < 4.78 is 43.7. The van der Waals surface area contributed by atoms with Crippen molar-refractivity contribution in [2.45, 2.75) is 0 Å². The Bertz CT molecular complexity index is 1340. The van der Waals surface area contributed by atoms with Gasteiger partial charge in [-0.2, -0.15) is 0 Å². The number of rotatable bonds is 3. The highest BCUT2D eigenvalue weighted by molar-refractivity contribution is 6.52. The van der Waals surface area contributed by atoms with E-state index in [0.29, 0.717) is 11.1 Å². The van der Waals surface area contributed by atoms with Gasteiger partial charge in [-0.1, -0.05) is 48.5 Å². The van der Waals surface area contributed by atoms with Gasteiger partial charge in [0.2, 0.25) is 0 Å². The number of methoxy groups -OCH3 is 1.